The summed E-state index contributed by atoms with van der Waals surface area (Å²) in [6, 6.07) is 1.25. The van der Waals surface area contributed by atoms with Crippen molar-refractivity contribution in [1.82, 2.24) is 0 Å². The van der Waals surface area contributed by atoms with Crippen LogP contribution in [0, 0.1) is 22.7 Å². The van der Waals surface area contributed by atoms with Crippen LogP contribution < -0.4 is 0 Å². The highest BCUT2D eigenvalue weighted by atomic mass is 16.6. The third-order valence-electron chi connectivity index (χ3n) is 6.19. The number of nitrogens with one attached hydrogen (secondary N) is 2. The lowest BCUT2D eigenvalue weighted by Crippen LogP contribution is -2.59. The van der Waals surface area contributed by atoms with Gasteiger partial charge in [0.1, 0.15) is 5.60 Å². The van der Waals surface area contributed by atoms with Crippen LogP contribution in [0.2, 0.25) is 0 Å². The van der Waals surface area contributed by atoms with Crippen LogP contribution in [0.25, 0.3) is 0 Å². The molecule has 31 heavy (non-hydrogen) atoms. The summed E-state index contributed by atoms with van der Waals surface area (Å²) < 4.78 is 12.0. The number of carboxylic acid groups (broad SMARTS) is 1. The van der Waals surface area contributed by atoms with Crippen LogP contribution in [0.15, 0.2) is 0 Å². The van der Waals surface area contributed by atoms with Gasteiger partial charge in [-0.2, -0.15) is 0 Å². The van der Waals surface area contributed by atoms with Gasteiger partial charge in [0.15, 0.2) is 5.60 Å². The number of esters is 1. The molecule has 0 spiro atoms. The summed E-state index contributed by atoms with van der Waals surface area (Å²) in [5.41, 5.74) is -2.66. The number of hydrogen-bond donors (Lipinski definition) is 3. The Morgan fingerprint density at radius 2 is 1.26 bits per heavy atom. The Kier molecular flexibility index (Phi) is 10.4. The summed E-state index contributed by atoms with van der Waals surface area (Å²) in [7, 11) is 0. The van der Waals surface area contributed by atoms with E-state index >= 15 is 0 Å². The second-order valence-electron chi connectivity index (χ2n) is 10.5. The molecule has 0 aromatic carbocycles. The Morgan fingerprint density at radius 3 is 1.58 bits per heavy atom. The molecule has 0 aliphatic heterocycles. The molecule has 2 aliphatic carbocycles. The van der Waals surface area contributed by atoms with Gasteiger partial charge in [-0.25, -0.2) is 15.6 Å². The van der Waals surface area contributed by atoms with Crippen molar-refractivity contribution >= 4 is 17.9 Å². The molecular weight excluding hydrogens is 396 g/mol. The highest BCUT2D eigenvalue weighted by molar-refractivity contribution is 5.79. The van der Waals surface area contributed by atoms with Crippen molar-refractivity contribution in [2.24, 2.45) is 11.8 Å². The molecular formula is C24H42N2O5. The van der Waals surface area contributed by atoms with E-state index in [1.807, 2.05) is 34.6 Å². The molecule has 2 saturated carbocycles. The number of ether oxygens (including phenoxy) is 2. The van der Waals surface area contributed by atoms with Gasteiger partial charge in [0.05, 0.1) is 18.0 Å². The van der Waals surface area contributed by atoms with E-state index in [1.165, 1.54) is 6.01 Å². The molecule has 3 N–H and O–H groups in total. The highest BCUT2D eigenvalue weighted by Gasteiger charge is 2.55. The zero-order chi connectivity index (χ0) is 23.7. The van der Waals surface area contributed by atoms with Gasteiger partial charge < -0.3 is 14.6 Å². The number of carbonyl (C=O) groups excluding carboxylic acids is 1. The first kappa shape index (κ1) is 27.3. The van der Waals surface area contributed by atoms with E-state index in [9.17, 15) is 14.7 Å². The van der Waals surface area contributed by atoms with Gasteiger partial charge in [-0.3, -0.25) is 4.79 Å². The molecule has 0 amide bonds. The molecule has 7 heteroatoms. The van der Waals surface area contributed by atoms with Gasteiger partial charge in [0.25, 0.3) is 0 Å². The van der Waals surface area contributed by atoms with Crippen molar-refractivity contribution in [3.05, 3.63) is 0 Å². The predicted octanol–water partition coefficient (Wildman–Crippen LogP) is 5.82. The normalized spacial score (nSPS) is 19.0. The lowest BCUT2D eigenvalue weighted by atomic mass is 9.65. The fourth-order valence-electron chi connectivity index (χ4n) is 5.17. The molecule has 0 atom stereocenters. The van der Waals surface area contributed by atoms with E-state index in [4.69, 9.17) is 20.3 Å². The van der Waals surface area contributed by atoms with Crippen LogP contribution in [0.1, 0.15) is 105 Å². The van der Waals surface area contributed by atoms with E-state index < -0.39 is 22.8 Å². The Hall–Kier alpha value is -1.72. The molecule has 0 bridgehead atoms. The number of rotatable bonds is 7. The van der Waals surface area contributed by atoms with Crippen molar-refractivity contribution in [2.75, 3.05) is 0 Å². The molecule has 0 saturated heterocycles. The average Bonchev–Trinajstić information content (AvgIpc) is 2.66. The zero-order valence-corrected chi connectivity index (χ0v) is 20.0. The van der Waals surface area contributed by atoms with Crippen LogP contribution in [-0.4, -0.2) is 39.9 Å². The van der Waals surface area contributed by atoms with Gasteiger partial charge >= 0.3 is 11.9 Å². The van der Waals surface area contributed by atoms with Gasteiger partial charge in [0.2, 0.25) is 0 Å². The summed E-state index contributed by atoms with van der Waals surface area (Å²) in [6.45, 7) is 9.18. The number of aliphatic carboxylic acids is 1. The monoisotopic (exact) mass is 438 g/mol. The average molecular weight is 439 g/mol. The van der Waals surface area contributed by atoms with Crippen LogP contribution >= 0.6 is 0 Å². The van der Waals surface area contributed by atoms with E-state index in [1.54, 1.807) is 0 Å². The second kappa shape index (κ2) is 11.8. The SMILES string of the molecule is CC(C)(C)OC(=O)CC(C)(C)OC(C(=O)O)(C1CCCCC1)C1CCCCC1.N=C=N. The number of carbonyl (C=O) groups is 2. The predicted molar refractivity (Wildman–Crippen MR) is 120 cm³/mol. The Balaban J connectivity index is 0.00000151. The molecule has 2 rings (SSSR count). The van der Waals surface area contributed by atoms with E-state index in [0.717, 1.165) is 64.2 Å². The molecule has 0 aromatic rings. The molecule has 0 aromatic heterocycles. The van der Waals surface area contributed by atoms with Crippen molar-refractivity contribution in [3.8, 4) is 0 Å². The summed E-state index contributed by atoms with van der Waals surface area (Å²) in [5.74, 6) is -1.16. The van der Waals surface area contributed by atoms with Gasteiger partial charge in [-0.1, -0.05) is 38.5 Å². The molecule has 7 nitrogen and oxygen atoms in total. The van der Waals surface area contributed by atoms with Crippen LogP contribution in [0.4, 0.5) is 0 Å². The third-order valence-corrected chi connectivity index (χ3v) is 6.19. The van der Waals surface area contributed by atoms with Gasteiger partial charge in [-0.15, -0.1) is 0 Å². The molecule has 2 fully saturated rings. The van der Waals surface area contributed by atoms with E-state index in [0.29, 0.717) is 0 Å². The minimum atomic E-state index is -1.20. The maximum absolute atomic E-state index is 12.8. The lowest BCUT2D eigenvalue weighted by molar-refractivity contribution is -0.226. The van der Waals surface area contributed by atoms with Crippen molar-refractivity contribution in [3.63, 3.8) is 0 Å². The summed E-state index contributed by atoms with van der Waals surface area (Å²) in [6.07, 6.45) is 10.2. The molecule has 178 valence electrons. The number of hydrogen-bond acceptors (Lipinski definition) is 6. The molecule has 2 aliphatic rings. The molecule has 0 unspecified atom stereocenters. The summed E-state index contributed by atoms with van der Waals surface area (Å²) in [4.78, 5) is 25.2. The minimum Gasteiger partial charge on any atom is -0.479 e. The van der Waals surface area contributed by atoms with Crippen molar-refractivity contribution in [2.45, 2.75) is 122 Å². The van der Waals surface area contributed by atoms with Crippen molar-refractivity contribution < 1.29 is 24.2 Å². The first-order valence-electron chi connectivity index (χ1n) is 11.6. The molecule has 0 radical (unpaired) electrons. The van der Waals surface area contributed by atoms with E-state index in [2.05, 4.69) is 0 Å². The second-order valence-corrected chi connectivity index (χ2v) is 10.5. The molecule has 0 heterocycles. The first-order valence-corrected chi connectivity index (χ1v) is 11.6. The summed E-state index contributed by atoms with van der Waals surface area (Å²) in [5, 5.41) is 21.7. The van der Waals surface area contributed by atoms with Crippen LogP contribution in [-0.2, 0) is 19.1 Å². The van der Waals surface area contributed by atoms with Gasteiger partial charge in [-0.05, 0) is 72.1 Å². The highest BCUT2D eigenvalue weighted by Crippen LogP contribution is 2.47. The van der Waals surface area contributed by atoms with E-state index in [-0.39, 0.29) is 24.2 Å². The Morgan fingerprint density at radius 1 is 0.871 bits per heavy atom. The zero-order valence-electron chi connectivity index (χ0n) is 20.0. The Bertz CT molecular complexity index is 602. The number of carboxylic acids is 1. The lowest BCUT2D eigenvalue weighted by Gasteiger charge is -2.49. The van der Waals surface area contributed by atoms with Crippen LogP contribution in [0.5, 0.6) is 0 Å². The third kappa shape index (κ3) is 8.38. The topological polar surface area (TPSA) is 121 Å². The Labute approximate surface area is 187 Å². The standard InChI is InChI=1S/C23H40O5.CH2N2/c1-21(2,3)27-19(24)16-22(4,5)28-23(20(25)26,17-12-8-6-9-13-17)18-14-10-7-11-15-18;2-1-3/h17-18H,6-16H2,1-5H3,(H,25,26);2-3H. The minimum absolute atomic E-state index is 0.0137. The van der Waals surface area contributed by atoms with Gasteiger partial charge in [0, 0.05) is 0 Å². The van der Waals surface area contributed by atoms with Crippen LogP contribution in [0.3, 0.4) is 0 Å². The smallest absolute Gasteiger partial charge is 0.336 e. The fourth-order valence-corrected chi connectivity index (χ4v) is 5.17. The quantitative estimate of drug-likeness (QED) is 0.342. The maximum atomic E-state index is 12.8. The summed E-state index contributed by atoms with van der Waals surface area (Å²) >= 11 is 0. The largest absolute Gasteiger partial charge is 0.479 e. The van der Waals surface area contributed by atoms with Crippen molar-refractivity contribution in [1.29, 1.82) is 10.8 Å². The fraction of sp³-hybridized carbons (Fsp3) is 0.875. The first-order chi connectivity index (χ1) is 14.4. The maximum Gasteiger partial charge on any atom is 0.336 e.